The molecule has 1 heterocycles. The first-order valence-corrected chi connectivity index (χ1v) is 7.40. The maximum atomic E-state index is 12.2. The summed E-state index contributed by atoms with van der Waals surface area (Å²) in [5.41, 5.74) is 3.49. The normalized spacial score (nSPS) is 10.8. The Balaban J connectivity index is 2.24. The quantitative estimate of drug-likeness (QED) is 0.655. The minimum Gasteiger partial charge on any atom is -0.496 e. The number of thiazole rings is 1. The molecule has 2 rings (SSSR count). The summed E-state index contributed by atoms with van der Waals surface area (Å²) in [5, 5.41) is 8.92. The molecule has 1 aromatic carbocycles. The van der Waals surface area contributed by atoms with Gasteiger partial charge in [0.05, 0.1) is 24.7 Å². The van der Waals surface area contributed by atoms with Crippen LogP contribution in [0.25, 0.3) is 6.08 Å². The summed E-state index contributed by atoms with van der Waals surface area (Å²) in [5.74, 6) is -0.706. The first-order valence-electron chi connectivity index (χ1n) is 6.52. The van der Waals surface area contributed by atoms with E-state index in [0.29, 0.717) is 16.9 Å². The number of ketones is 1. The largest absolute Gasteiger partial charge is 0.496 e. The van der Waals surface area contributed by atoms with Crippen molar-refractivity contribution in [1.82, 2.24) is 4.98 Å². The zero-order chi connectivity index (χ0) is 16.1. The van der Waals surface area contributed by atoms with E-state index >= 15 is 0 Å². The van der Waals surface area contributed by atoms with Gasteiger partial charge in [-0.2, -0.15) is 0 Å². The highest BCUT2D eigenvalue weighted by atomic mass is 32.1. The molecular formula is C16H15NO4S. The molecule has 0 saturated carbocycles. The van der Waals surface area contributed by atoms with Crippen molar-refractivity contribution in [1.29, 1.82) is 0 Å². The lowest BCUT2D eigenvalue weighted by molar-refractivity contribution is -0.136. The minimum absolute atomic E-state index is 0.192. The Morgan fingerprint density at radius 3 is 2.77 bits per heavy atom. The molecule has 0 radical (unpaired) electrons. The fourth-order valence-corrected chi connectivity index (χ4v) is 2.65. The van der Waals surface area contributed by atoms with Crippen LogP contribution in [-0.2, 0) is 11.2 Å². The Hall–Kier alpha value is -2.47. The molecule has 6 heteroatoms. The summed E-state index contributed by atoms with van der Waals surface area (Å²) in [6, 6.07) is 4.78. The number of allylic oxidation sites excluding steroid dienone is 1. The van der Waals surface area contributed by atoms with Crippen LogP contribution in [-0.4, -0.2) is 29.0 Å². The average Bonchev–Trinajstić information content (AvgIpc) is 2.89. The topological polar surface area (TPSA) is 76.5 Å². The predicted octanol–water partition coefficient (Wildman–Crippen LogP) is 2.98. The minimum atomic E-state index is -0.973. The molecule has 1 aromatic heterocycles. The monoisotopic (exact) mass is 317 g/mol. The van der Waals surface area contributed by atoms with Crippen LogP contribution in [0.4, 0.5) is 0 Å². The lowest BCUT2D eigenvalue weighted by Gasteiger charge is -2.07. The van der Waals surface area contributed by atoms with Crippen LogP contribution in [0.1, 0.15) is 26.5 Å². The summed E-state index contributed by atoms with van der Waals surface area (Å²) in [6.07, 6.45) is 2.99. The van der Waals surface area contributed by atoms with E-state index in [4.69, 9.17) is 9.84 Å². The summed E-state index contributed by atoms with van der Waals surface area (Å²) >= 11 is 1.46. The number of nitrogens with zero attached hydrogens (tertiary/aromatic N) is 1. The standard InChI is InChI=1S/C16H15NO4S/c1-10-15(22-9-17-10)6-4-13(18)11-3-5-14(21-2)12(7-11)8-16(19)20/h3-7,9H,8H2,1-2H3,(H,19,20). The van der Waals surface area contributed by atoms with Crippen molar-refractivity contribution in [2.24, 2.45) is 0 Å². The number of hydrogen-bond acceptors (Lipinski definition) is 5. The van der Waals surface area contributed by atoms with Crippen LogP contribution in [0.5, 0.6) is 5.75 Å². The van der Waals surface area contributed by atoms with Crippen LogP contribution in [0.3, 0.4) is 0 Å². The van der Waals surface area contributed by atoms with Crippen LogP contribution < -0.4 is 4.74 Å². The summed E-state index contributed by atoms with van der Waals surface area (Å²) in [4.78, 5) is 28.1. The second-order valence-electron chi connectivity index (χ2n) is 4.60. The number of carbonyl (C=O) groups is 2. The van der Waals surface area contributed by atoms with Gasteiger partial charge in [-0.15, -0.1) is 11.3 Å². The predicted molar refractivity (Wildman–Crippen MR) is 84.5 cm³/mol. The van der Waals surface area contributed by atoms with Crippen molar-refractivity contribution in [3.05, 3.63) is 51.5 Å². The van der Waals surface area contributed by atoms with E-state index < -0.39 is 5.97 Å². The van der Waals surface area contributed by atoms with Crippen molar-refractivity contribution in [3.63, 3.8) is 0 Å². The van der Waals surface area contributed by atoms with E-state index in [9.17, 15) is 9.59 Å². The van der Waals surface area contributed by atoms with Crippen LogP contribution >= 0.6 is 11.3 Å². The van der Waals surface area contributed by atoms with Gasteiger partial charge in [0, 0.05) is 16.0 Å². The van der Waals surface area contributed by atoms with E-state index in [2.05, 4.69) is 4.98 Å². The molecule has 5 nitrogen and oxygen atoms in total. The number of benzene rings is 1. The van der Waals surface area contributed by atoms with Gasteiger partial charge in [0.15, 0.2) is 5.78 Å². The van der Waals surface area contributed by atoms with Crippen molar-refractivity contribution in [2.75, 3.05) is 7.11 Å². The zero-order valence-electron chi connectivity index (χ0n) is 12.2. The fourth-order valence-electron chi connectivity index (χ4n) is 1.95. The van der Waals surface area contributed by atoms with Crippen molar-refractivity contribution in [3.8, 4) is 5.75 Å². The molecule has 0 spiro atoms. The van der Waals surface area contributed by atoms with Crippen LogP contribution in [0.2, 0.25) is 0 Å². The molecule has 2 aromatic rings. The number of ether oxygens (including phenoxy) is 1. The lowest BCUT2D eigenvalue weighted by Crippen LogP contribution is -2.04. The van der Waals surface area contributed by atoms with Gasteiger partial charge < -0.3 is 9.84 Å². The van der Waals surface area contributed by atoms with Gasteiger partial charge in [0.2, 0.25) is 0 Å². The number of rotatable bonds is 6. The second-order valence-corrected chi connectivity index (χ2v) is 5.48. The number of methoxy groups -OCH3 is 1. The van der Waals surface area contributed by atoms with E-state index in [1.54, 1.807) is 29.8 Å². The molecule has 0 aliphatic heterocycles. The van der Waals surface area contributed by atoms with Gasteiger partial charge in [-0.25, -0.2) is 4.98 Å². The molecule has 0 saturated heterocycles. The number of aromatic nitrogens is 1. The van der Waals surface area contributed by atoms with E-state index in [1.165, 1.54) is 24.5 Å². The smallest absolute Gasteiger partial charge is 0.307 e. The lowest BCUT2D eigenvalue weighted by atomic mass is 10.0. The van der Waals surface area contributed by atoms with Crippen molar-refractivity contribution >= 4 is 29.2 Å². The molecule has 0 amide bonds. The molecular weight excluding hydrogens is 302 g/mol. The Bertz CT molecular complexity index is 733. The Morgan fingerprint density at radius 2 is 2.18 bits per heavy atom. The highest BCUT2D eigenvalue weighted by Gasteiger charge is 2.11. The first kappa shape index (κ1) is 15.9. The number of aryl methyl sites for hydroxylation is 1. The Labute approximate surface area is 131 Å². The molecule has 0 aliphatic rings. The average molecular weight is 317 g/mol. The van der Waals surface area contributed by atoms with Crippen LogP contribution in [0.15, 0.2) is 29.8 Å². The molecule has 22 heavy (non-hydrogen) atoms. The Kier molecular flexibility index (Phi) is 5.06. The summed E-state index contributed by atoms with van der Waals surface area (Å²) < 4.78 is 5.12. The summed E-state index contributed by atoms with van der Waals surface area (Å²) in [7, 11) is 1.47. The highest BCUT2D eigenvalue weighted by molar-refractivity contribution is 7.10. The zero-order valence-corrected chi connectivity index (χ0v) is 13.0. The summed E-state index contributed by atoms with van der Waals surface area (Å²) in [6.45, 7) is 1.87. The first-order chi connectivity index (χ1) is 10.5. The van der Waals surface area contributed by atoms with E-state index in [-0.39, 0.29) is 12.2 Å². The van der Waals surface area contributed by atoms with Crippen LogP contribution in [0, 0.1) is 6.92 Å². The fraction of sp³-hybridized carbons (Fsp3) is 0.188. The molecule has 0 aliphatic carbocycles. The maximum Gasteiger partial charge on any atom is 0.307 e. The van der Waals surface area contributed by atoms with Gasteiger partial charge in [0.25, 0.3) is 0 Å². The number of carboxylic acid groups (broad SMARTS) is 1. The number of carboxylic acids is 1. The molecule has 0 atom stereocenters. The molecule has 0 unspecified atom stereocenters. The van der Waals surface area contributed by atoms with Gasteiger partial charge in [-0.1, -0.05) is 0 Å². The van der Waals surface area contributed by atoms with E-state index in [1.807, 2.05) is 6.92 Å². The Morgan fingerprint density at radius 1 is 1.41 bits per heavy atom. The van der Waals surface area contributed by atoms with Gasteiger partial charge in [0.1, 0.15) is 5.75 Å². The number of carbonyl (C=O) groups excluding carboxylic acids is 1. The van der Waals surface area contributed by atoms with Crippen molar-refractivity contribution < 1.29 is 19.4 Å². The van der Waals surface area contributed by atoms with E-state index in [0.717, 1.165) is 10.6 Å². The van der Waals surface area contributed by atoms with Gasteiger partial charge in [-0.05, 0) is 37.3 Å². The van der Waals surface area contributed by atoms with Crippen molar-refractivity contribution in [2.45, 2.75) is 13.3 Å². The molecule has 0 bridgehead atoms. The third kappa shape index (κ3) is 3.79. The molecule has 0 fully saturated rings. The molecule has 1 N–H and O–H groups in total. The second kappa shape index (κ2) is 7.00. The molecule has 114 valence electrons. The third-order valence-electron chi connectivity index (χ3n) is 3.08. The van der Waals surface area contributed by atoms with Gasteiger partial charge >= 0.3 is 5.97 Å². The number of hydrogen-bond donors (Lipinski definition) is 1. The number of aliphatic carboxylic acids is 1. The third-order valence-corrected chi connectivity index (χ3v) is 3.97. The highest BCUT2D eigenvalue weighted by Crippen LogP contribution is 2.21. The van der Waals surface area contributed by atoms with Gasteiger partial charge in [-0.3, -0.25) is 9.59 Å². The maximum absolute atomic E-state index is 12.2. The SMILES string of the molecule is COc1ccc(C(=O)C=Cc2scnc2C)cc1CC(=O)O.